The zero-order chi connectivity index (χ0) is 15.0. The molecule has 2 heterocycles. The molecule has 116 valence electrons. The number of piperidine rings is 1. The fraction of sp³-hybridized carbons (Fsp3) is 0.571. The van der Waals surface area contributed by atoms with Gasteiger partial charge in [0.05, 0.1) is 7.11 Å². The van der Waals surface area contributed by atoms with E-state index in [0.717, 1.165) is 23.9 Å². The first-order chi connectivity index (χ1) is 10.0. The summed E-state index contributed by atoms with van der Waals surface area (Å²) >= 11 is 3.34. The Morgan fingerprint density at radius 2 is 2.19 bits per heavy atom. The van der Waals surface area contributed by atoms with Crippen LogP contribution in [0.1, 0.15) is 12.8 Å². The lowest BCUT2D eigenvalue weighted by Crippen LogP contribution is -2.41. The number of nitrogens with one attached hydrogen (secondary N) is 1. The second-order valence-electron chi connectivity index (χ2n) is 5.58. The van der Waals surface area contributed by atoms with E-state index in [1.165, 1.54) is 7.11 Å². The van der Waals surface area contributed by atoms with Crippen LogP contribution in [0, 0.1) is 5.92 Å². The van der Waals surface area contributed by atoms with Gasteiger partial charge in [-0.25, -0.2) is 8.42 Å². The van der Waals surface area contributed by atoms with E-state index in [1.54, 1.807) is 22.5 Å². The van der Waals surface area contributed by atoms with Crippen molar-refractivity contribution in [3.63, 3.8) is 0 Å². The summed E-state index contributed by atoms with van der Waals surface area (Å²) in [7, 11) is -2.03. The summed E-state index contributed by atoms with van der Waals surface area (Å²) < 4.78 is 33.4. The number of benzene rings is 1. The van der Waals surface area contributed by atoms with E-state index in [4.69, 9.17) is 4.74 Å². The number of sulfonamides is 1. The first kappa shape index (κ1) is 15.3. The maximum atomic E-state index is 12.9. The fourth-order valence-corrected chi connectivity index (χ4v) is 5.41. The normalized spacial score (nSPS) is 26.6. The van der Waals surface area contributed by atoms with Crippen molar-refractivity contribution >= 4 is 26.0 Å². The van der Waals surface area contributed by atoms with Crippen molar-refractivity contribution in [1.29, 1.82) is 0 Å². The Kier molecular flexibility index (Phi) is 4.27. The third-order valence-electron chi connectivity index (χ3n) is 4.31. The smallest absolute Gasteiger partial charge is 0.246 e. The number of fused-ring (bicyclic) bond motifs is 1. The van der Waals surface area contributed by atoms with Crippen LogP contribution in [0.5, 0.6) is 5.75 Å². The van der Waals surface area contributed by atoms with E-state index in [9.17, 15) is 8.42 Å². The highest BCUT2D eigenvalue weighted by Crippen LogP contribution is 2.34. The predicted octanol–water partition coefficient (Wildman–Crippen LogP) is 1.83. The molecule has 5 nitrogen and oxygen atoms in total. The van der Waals surface area contributed by atoms with Gasteiger partial charge in [0, 0.05) is 23.6 Å². The zero-order valence-corrected chi connectivity index (χ0v) is 14.3. The average Bonchev–Trinajstić information content (AvgIpc) is 2.92. The quantitative estimate of drug-likeness (QED) is 0.876. The minimum absolute atomic E-state index is 0.234. The Morgan fingerprint density at radius 1 is 1.38 bits per heavy atom. The van der Waals surface area contributed by atoms with Crippen molar-refractivity contribution in [2.24, 2.45) is 5.92 Å². The van der Waals surface area contributed by atoms with Gasteiger partial charge in [0.1, 0.15) is 10.6 Å². The van der Waals surface area contributed by atoms with Crippen molar-refractivity contribution in [2.45, 2.75) is 23.8 Å². The van der Waals surface area contributed by atoms with Crippen LogP contribution in [-0.4, -0.2) is 45.5 Å². The van der Waals surface area contributed by atoms with E-state index < -0.39 is 10.0 Å². The lowest BCUT2D eigenvalue weighted by Gasteiger charge is -2.24. The first-order valence-corrected chi connectivity index (χ1v) is 9.33. The Bertz CT molecular complexity index is 621. The molecule has 2 fully saturated rings. The molecule has 0 aliphatic carbocycles. The molecule has 3 rings (SSSR count). The van der Waals surface area contributed by atoms with Crippen LogP contribution in [0.2, 0.25) is 0 Å². The lowest BCUT2D eigenvalue weighted by atomic mass is 9.94. The van der Waals surface area contributed by atoms with Crippen LogP contribution in [0.3, 0.4) is 0 Å². The highest BCUT2D eigenvalue weighted by Gasteiger charge is 2.41. The summed E-state index contributed by atoms with van der Waals surface area (Å²) in [4.78, 5) is 0.234. The summed E-state index contributed by atoms with van der Waals surface area (Å²) in [5.41, 5.74) is 0. The van der Waals surface area contributed by atoms with Crippen molar-refractivity contribution in [2.75, 3.05) is 26.7 Å². The lowest BCUT2D eigenvalue weighted by molar-refractivity contribution is 0.339. The summed E-state index contributed by atoms with van der Waals surface area (Å²) in [6.45, 7) is 2.12. The summed E-state index contributed by atoms with van der Waals surface area (Å²) in [6.07, 6.45) is 2.22. The number of hydrogen-bond acceptors (Lipinski definition) is 4. The predicted molar refractivity (Wildman–Crippen MR) is 84.0 cm³/mol. The van der Waals surface area contributed by atoms with Gasteiger partial charge in [0.25, 0.3) is 0 Å². The molecule has 1 aromatic carbocycles. The molecule has 7 heteroatoms. The zero-order valence-electron chi connectivity index (χ0n) is 11.9. The summed E-state index contributed by atoms with van der Waals surface area (Å²) in [6, 6.07) is 5.36. The number of ether oxygens (including phenoxy) is 1. The van der Waals surface area contributed by atoms with Crippen LogP contribution >= 0.6 is 15.9 Å². The third kappa shape index (κ3) is 2.84. The van der Waals surface area contributed by atoms with E-state index >= 15 is 0 Å². The molecular formula is C14H19BrN2O3S. The van der Waals surface area contributed by atoms with Crippen molar-refractivity contribution in [3.8, 4) is 5.75 Å². The van der Waals surface area contributed by atoms with E-state index in [0.29, 0.717) is 24.8 Å². The van der Waals surface area contributed by atoms with Gasteiger partial charge in [0.2, 0.25) is 10.0 Å². The first-order valence-electron chi connectivity index (χ1n) is 7.09. The largest absolute Gasteiger partial charge is 0.495 e. The van der Waals surface area contributed by atoms with E-state index in [-0.39, 0.29) is 10.9 Å². The third-order valence-corrected chi connectivity index (χ3v) is 6.66. The Labute approximate surface area is 133 Å². The standard InChI is InChI=1S/C14H19BrN2O3S/c1-20-13-5-4-11(15)7-14(13)21(18,19)17-8-10-3-2-6-16-12(10)9-17/h4-5,7,10,12,16H,2-3,6,8-9H2,1H3/t10-,12+/m0/s1. The summed E-state index contributed by atoms with van der Waals surface area (Å²) in [5, 5.41) is 3.43. The maximum Gasteiger partial charge on any atom is 0.246 e. The van der Waals surface area contributed by atoms with Gasteiger partial charge in [-0.2, -0.15) is 4.31 Å². The topological polar surface area (TPSA) is 58.6 Å². The molecule has 0 radical (unpaired) electrons. The number of hydrogen-bond donors (Lipinski definition) is 1. The van der Waals surface area contributed by atoms with Crippen LogP contribution in [0.15, 0.2) is 27.6 Å². The molecule has 1 N–H and O–H groups in total. The molecule has 21 heavy (non-hydrogen) atoms. The molecule has 1 aromatic rings. The molecule has 0 bridgehead atoms. The Morgan fingerprint density at radius 3 is 2.90 bits per heavy atom. The van der Waals surface area contributed by atoms with Crippen LogP contribution in [0.4, 0.5) is 0 Å². The molecule has 0 spiro atoms. The molecule has 0 unspecified atom stereocenters. The van der Waals surface area contributed by atoms with Crippen LogP contribution in [0.25, 0.3) is 0 Å². The Hall–Kier alpha value is -0.630. The molecule has 0 aromatic heterocycles. The summed E-state index contributed by atoms with van der Waals surface area (Å²) in [5.74, 6) is 0.813. The maximum absolute atomic E-state index is 12.9. The van der Waals surface area contributed by atoms with Crippen molar-refractivity contribution in [3.05, 3.63) is 22.7 Å². The number of rotatable bonds is 3. The van der Waals surface area contributed by atoms with Crippen LogP contribution < -0.4 is 10.1 Å². The highest BCUT2D eigenvalue weighted by atomic mass is 79.9. The second kappa shape index (κ2) is 5.87. The van der Waals surface area contributed by atoms with Gasteiger partial charge in [-0.05, 0) is 43.5 Å². The fourth-order valence-electron chi connectivity index (χ4n) is 3.19. The van der Waals surface area contributed by atoms with Gasteiger partial charge in [0.15, 0.2) is 0 Å². The minimum Gasteiger partial charge on any atom is -0.495 e. The SMILES string of the molecule is COc1ccc(Br)cc1S(=O)(=O)N1C[C@@H]2CCCN[C@@H]2C1. The van der Waals surface area contributed by atoms with Gasteiger partial charge in [-0.1, -0.05) is 15.9 Å². The van der Waals surface area contributed by atoms with Gasteiger partial charge >= 0.3 is 0 Å². The monoisotopic (exact) mass is 374 g/mol. The minimum atomic E-state index is -3.52. The van der Waals surface area contributed by atoms with Gasteiger partial charge in [-0.15, -0.1) is 0 Å². The molecule has 2 saturated heterocycles. The van der Waals surface area contributed by atoms with Crippen molar-refractivity contribution in [1.82, 2.24) is 9.62 Å². The molecule has 2 aliphatic heterocycles. The highest BCUT2D eigenvalue weighted by molar-refractivity contribution is 9.10. The number of nitrogens with zero attached hydrogens (tertiary/aromatic N) is 1. The van der Waals surface area contributed by atoms with Crippen molar-refractivity contribution < 1.29 is 13.2 Å². The number of methoxy groups -OCH3 is 1. The van der Waals surface area contributed by atoms with E-state index in [2.05, 4.69) is 21.2 Å². The molecule has 0 amide bonds. The number of halogens is 1. The second-order valence-corrected chi connectivity index (χ2v) is 8.40. The molecule has 2 atom stereocenters. The Balaban J connectivity index is 1.92. The van der Waals surface area contributed by atoms with E-state index in [1.807, 2.05) is 0 Å². The van der Waals surface area contributed by atoms with Gasteiger partial charge < -0.3 is 10.1 Å². The van der Waals surface area contributed by atoms with Gasteiger partial charge in [-0.3, -0.25) is 0 Å². The average molecular weight is 375 g/mol. The molecular weight excluding hydrogens is 356 g/mol. The van der Waals surface area contributed by atoms with Crippen LogP contribution in [-0.2, 0) is 10.0 Å². The molecule has 2 aliphatic rings. The molecule has 0 saturated carbocycles.